The predicted octanol–water partition coefficient (Wildman–Crippen LogP) is 2.92. The zero-order chi connectivity index (χ0) is 17.8. The van der Waals surface area contributed by atoms with Crippen LogP contribution in [0.25, 0.3) is 0 Å². The molecule has 2 amide bonds. The highest BCUT2D eigenvalue weighted by atomic mass is 16.2. The maximum Gasteiger partial charge on any atom is 0.254 e. The molecule has 0 spiro atoms. The molecule has 1 saturated heterocycles. The number of benzene rings is 2. The summed E-state index contributed by atoms with van der Waals surface area (Å²) in [6, 6.07) is 15.5. The second kappa shape index (κ2) is 7.38. The van der Waals surface area contributed by atoms with Gasteiger partial charge in [0.25, 0.3) is 5.91 Å². The summed E-state index contributed by atoms with van der Waals surface area (Å²) in [5.41, 5.74) is 3.65. The Bertz CT molecular complexity index is 780. The minimum atomic E-state index is -0.0780. The van der Waals surface area contributed by atoms with Crippen LogP contribution in [0.5, 0.6) is 0 Å². The fourth-order valence-electron chi connectivity index (χ4n) is 3.13. The Morgan fingerprint density at radius 3 is 2.36 bits per heavy atom. The van der Waals surface area contributed by atoms with Gasteiger partial charge in [-0.25, -0.2) is 0 Å². The average Bonchev–Trinajstić information content (AvgIpc) is 2.61. The molecular formula is C20H23N3O2. The number of hydrogen-bond donors (Lipinski definition) is 1. The van der Waals surface area contributed by atoms with Crippen molar-refractivity contribution in [2.75, 3.05) is 36.4 Å². The minimum absolute atomic E-state index is 0.0780. The fourth-order valence-corrected chi connectivity index (χ4v) is 3.13. The molecule has 0 radical (unpaired) electrons. The number of amides is 2. The maximum atomic E-state index is 12.7. The van der Waals surface area contributed by atoms with Crippen molar-refractivity contribution >= 4 is 23.2 Å². The maximum absolute atomic E-state index is 12.7. The van der Waals surface area contributed by atoms with Crippen molar-refractivity contribution < 1.29 is 9.59 Å². The van der Waals surface area contributed by atoms with E-state index in [1.54, 1.807) is 0 Å². The third-order valence-corrected chi connectivity index (χ3v) is 4.47. The van der Waals surface area contributed by atoms with E-state index in [4.69, 9.17) is 0 Å². The van der Waals surface area contributed by atoms with E-state index in [2.05, 4.69) is 10.2 Å². The van der Waals surface area contributed by atoms with E-state index in [0.29, 0.717) is 13.1 Å². The summed E-state index contributed by atoms with van der Waals surface area (Å²) in [6.07, 6.45) is 0. The largest absolute Gasteiger partial charge is 0.368 e. The molecule has 3 rings (SSSR count). The van der Waals surface area contributed by atoms with E-state index in [1.807, 2.05) is 60.4 Å². The lowest BCUT2D eigenvalue weighted by Gasteiger charge is -2.36. The van der Waals surface area contributed by atoms with Gasteiger partial charge in [-0.15, -0.1) is 0 Å². The summed E-state index contributed by atoms with van der Waals surface area (Å²) in [4.78, 5) is 28.1. The van der Waals surface area contributed by atoms with Gasteiger partial charge in [0.15, 0.2) is 0 Å². The molecule has 1 aliphatic rings. The van der Waals surface area contributed by atoms with Crippen LogP contribution in [0.3, 0.4) is 0 Å². The first kappa shape index (κ1) is 17.0. The van der Waals surface area contributed by atoms with Crippen LogP contribution in [0.2, 0.25) is 0 Å². The molecule has 0 saturated carbocycles. The van der Waals surface area contributed by atoms with Gasteiger partial charge in [0, 0.05) is 50.0 Å². The highest BCUT2D eigenvalue weighted by molar-refractivity contribution is 5.95. The average molecular weight is 337 g/mol. The van der Waals surface area contributed by atoms with Gasteiger partial charge in [-0.05, 0) is 36.8 Å². The highest BCUT2D eigenvalue weighted by Crippen LogP contribution is 2.22. The van der Waals surface area contributed by atoms with Gasteiger partial charge < -0.3 is 15.1 Å². The van der Waals surface area contributed by atoms with Crippen molar-refractivity contribution in [1.82, 2.24) is 4.90 Å². The number of carbonyl (C=O) groups excluding carboxylic acids is 2. The van der Waals surface area contributed by atoms with Gasteiger partial charge >= 0.3 is 0 Å². The van der Waals surface area contributed by atoms with E-state index in [9.17, 15) is 9.59 Å². The van der Waals surface area contributed by atoms with Gasteiger partial charge in [0.05, 0.1) is 0 Å². The Balaban J connectivity index is 1.65. The molecule has 0 unspecified atom stereocenters. The number of nitrogens with zero attached hydrogens (tertiary/aromatic N) is 2. The van der Waals surface area contributed by atoms with E-state index < -0.39 is 0 Å². The van der Waals surface area contributed by atoms with E-state index in [1.165, 1.54) is 6.92 Å². The van der Waals surface area contributed by atoms with Crippen LogP contribution in [0.15, 0.2) is 48.5 Å². The van der Waals surface area contributed by atoms with E-state index in [-0.39, 0.29) is 11.8 Å². The molecule has 1 N–H and O–H groups in total. The van der Waals surface area contributed by atoms with Crippen LogP contribution in [-0.2, 0) is 4.79 Å². The first-order valence-corrected chi connectivity index (χ1v) is 8.52. The van der Waals surface area contributed by atoms with Crippen LogP contribution in [0.1, 0.15) is 22.8 Å². The molecule has 0 atom stereocenters. The lowest BCUT2D eigenvalue weighted by Crippen LogP contribution is -2.49. The molecule has 0 bridgehead atoms. The molecule has 5 heteroatoms. The summed E-state index contributed by atoms with van der Waals surface area (Å²) in [6.45, 7) is 6.41. The molecule has 25 heavy (non-hydrogen) atoms. The van der Waals surface area contributed by atoms with Crippen LogP contribution in [-0.4, -0.2) is 42.9 Å². The van der Waals surface area contributed by atoms with Crippen LogP contribution in [0, 0.1) is 6.92 Å². The van der Waals surface area contributed by atoms with Gasteiger partial charge in [-0.2, -0.15) is 0 Å². The number of aryl methyl sites for hydroxylation is 1. The summed E-state index contributed by atoms with van der Waals surface area (Å²) < 4.78 is 0. The first-order valence-electron chi connectivity index (χ1n) is 8.52. The first-order chi connectivity index (χ1) is 12.0. The molecular weight excluding hydrogens is 314 g/mol. The van der Waals surface area contributed by atoms with Gasteiger partial charge in [0.1, 0.15) is 0 Å². The number of carbonyl (C=O) groups is 2. The zero-order valence-electron chi connectivity index (χ0n) is 14.7. The minimum Gasteiger partial charge on any atom is -0.368 e. The van der Waals surface area contributed by atoms with Gasteiger partial charge in [0.2, 0.25) is 5.91 Å². The SMILES string of the molecule is CC(=O)Nc1cccc(N2CCN(C(=O)c3ccccc3C)CC2)c1. The van der Waals surface area contributed by atoms with Crippen molar-refractivity contribution in [2.45, 2.75) is 13.8 Å². The van der Waals surface area contributed by atoms with Crippen LogP contribution in [0.4, 0.5) is 11.4 Å². The topological polar surface area (TPSA) is 52.7 Å². The molecule has 1 heterocycles. The van der Waals surface area contributed by atoms with Crippen LogP contribution < -0.4 is 10.2 Å². The normalized spacial score (nSPS) is 14.3. The molecule has 2 aromatic rings. The number of nitrogens with one attached hydrogen (secondary N) is 1. The Hall–Kier alpha value is -2.82. The lowest BCUT2D eigenvalue weighted by molar-refractivity contribution is -0.114. The molecule has 5 nitrogen and oxygen atoms in total. The second-order valence-electron chi connectivity index (χ2n) is 6.33. The Kier molecular flexibility index (Phi) is 5.03. The number of piperazine rings is 1. The second-order valence-corrected chi connectivity index (χ2v) is 6.33. The number of hydrogen-bond acceptors (Lipinski definition) is 3. The summed E-state index contributed by atoms with van der Waals surface area (Å²) in [5, 5.41) is 2.81. The fraction of sp³-hybridized carbons (Fsp3) is 0.300. The van der Waals surface area contributed by atoms with Crippen molar-refractivity contribution in [1.29, 1.82) is 0 Å². The lowest BCUT2D eigenvalue weighted by atomic mass is 10.1. The third-order valence-electron chi connectivity index (χ3n) is 4.47. The van der Waals surface area contributed by atoms with Gasteiger partial charge in [-0.1, -0.05) is 24.3 Å². The third kappa shape index (κ3) is 3.99. The zero-order valence-corrected chi connectivity index (χ0v) is 14.7. The molecule has 2 aromatic carbocycles. The van der Waals surface area contributed by atoms with E-state index >= 15 is 0 Å². The standard InChI is InChI=1S/C20H23N3O2/c1-15-6-3-4-9-19(15)20(25)23-12-10-22(11-13-23)18-8-5-7-17(14-18)21-16(2)24/h3-9,14H,10-13H2,1-2H3,(H,21,24). The van der Waals surface area contributed by atoms with E-state index in [0.717, 1.165) is 35.6 Å². The Morgan fingerprint density at radius 2 is 1.68 bits per heavy atom. The molecule has 130 valence electrons. The quantitative estimate of drug-likeness (QED) is 0.937. The molecule has 0 aromatic heterocycles. The molecule has 0 aliphatic carbocycles. The summed E-state index contributed by atoms with van der Waals surface area (Å²) >= 11 is 0. The van der Waals surface area contributed by atoms with Crippen molar-refractivity contribution in [3.05, 3.63) is 59.7 Å². The smallest absolute Gasteiger partial charge is 0.254 e. The molecule has 1 aliphatic heterocycles. The van der Waals surface area contributed by atoms with Crippen LogP contribution >= 0.6 is 0 Å². The summed E-state index contributed by atoms with van der Waals surface area (Å²) in [5.74, 6) is 0.0237. The van der Waals surface area contributed by atoms with Crippen molar-refractivity contribution in [2.24, 2.45) is 0 Å². The predicted molar refractivity (Wildman–Crippen MR) is 100 cm³/mol. The summed E-state index contributed by atoms with van der Waals surface area (Å²) in [7, 11) is 0. The number of anilines is 2. The van der Waals surface area contributed by atoms with Gasteiger partial charge in [-0.3, -0.25) is 9.59 Å². The monoisotopic (exact) mass is 337 g/mol. The Labute approximate surface area is 148 Å². The van der Waals surface area contributed by atoms with Crippen molar-refractivity contribution in [3.8, 4) is 0 Å². The number of rotatable bonds is 3. The van der Waals surface area contributed by atoms with Crippen molar-refractivity contribution in [3.63, 3.8) is 0 Å². The highest BCUT2D eigenvalue weighted by Gasteiger charge is 2.23. The molecule has 1 fully saturated rings. The Morgan fingerprint density at radius 1 is 0.960 bits per heavy atom.